The zero-order chi connectivity index (χ0) is 17.9. The highest BCUT2D eigenvalue weighted by Crippen LogP contribution is 2.28. The number of carbonyl (C=O) groups excluding carboxylic acids is 1. The van der Waals surface area contributed by atoms with Gasteiger partial charge in [0.15, 0.2) is 11.5 Å². The molecule has 0 bridgehead atoms. The van der Waals surface area contributed by atoms with Gasteiger partial charge in [0.2, 0.25) is 0 Å². The Kier molecular flexibility index (Phi) is 4.47. The number of hydrogen-bond acceptors (Lipinski definition) is 5. The first kappa shape index (κ1) is 16.4. The van der Waals surface area contributed by atoms with E-state index in [0.29, 0.717) is 16.8 Å². The summed E-state index contributed by atoms with van der Waals surface area (Å²) in [6.45, 7) is 0.268. The van der Waals surface area contributed by atoms with Gasteiger partial charge >= 0.3 is 0 Å². The smallest absolute Gasteiger partial charge is 0.272 e. The van der Waals surface area contributed by atoms with E-state index in [0.717, 1.165) is 18.7 Å². The maximum absolute atomic E-state index is 12.6. The minimum atomic E-state index is -0.351. The fourth-order valence-corrected chi connectivity index (χ4v) is 3.59. The molecule has 8 heteroatoms. The predicted molar refractivity (Wildman–Crippen MR) is 95.7 cm³/mol. The van der Waals surface area contributed by atoms with Crippen molar-refractivity contribution in [1.29, 1.82) is 0 Å². The van der Waals surface area contributed by atoms with Crippen LogP contribution in [0.3, 0.4) is 0 Å². The second kappa shape index (κ2) is 7.07. The Morgan fingerprint density at radius 2 is 1.96 bits per heavy atom. The number of aromatic nitrogens is 5. The largest absolute Gasteiger partial charge is 0.343 e. The van der Waals surface area contributed by atoms with Crippen molar-refractivity contribution in [3.63, 3.8) is 0 Å². The van der Waals surface area contributed by atoms with Gasteiger partial charge in [0, 0.05) is 11.4 Å². The normalized spacial score (nSPS) is 15.2. The summed E-state index contributed by atoms with van der Waals surface area (Å²) < 4.78 is 2.07. The van der Waals surface area contributed by atoms with Crippen LogP contribution < -0.4 is 10.9 Å². The van der Waals surface area contributed by atoms with Gasteiger partial charge < -0.3 is 9.88 Å². The molecule has 2 aromatic heterocycles. The zero-order valence-corrected chi connectivity index (χ0v) is 14.3. The second-order valence-corrected chi connectivity index (χ2v) is 6.58. The third-order valence-corrected chi connectivity index (χ3v) is 4.93. The maximum Gasteiger partial charge on any atom is 0.272 e. The first-order chi connectivity index (χ1) is 12.7. The highest BCUT2D eigenvalue weighted by Gasteiger charge is 2.20. The lowest BCUT2D eigenvalue weighted by Crippen LogP contribution is -2.28. The molecule has 1 fully saturated rings. The molecular formula is C18H20N6O2. The van der Waals surface area contributed by atoms with Crippen molar-refractivity contribution < 1.29 is 4.79 Å². The summed E-state index contributed by atoms with van der Waals surface area (Å²) in [5.74, 6) is 0.384. The molecular weight excluding hydrogens is 332 g/mol. The Labute approximate surface area is 149 Å². The SMILES string of the molecule is O=C(NCc1nncn1C1CCCCC1)c1n[nH]c(=O)c2ccccc12. The standard InChI is InChI=1S/C18H20N6O2/c25-17-14-9-5-4-8-13(14)16(22-23-17)18(26)19-10-15-21-20-11-24(15)12-6-2-1-3-7-12/h4-5,8-9,11-12H,1-3,6-7,10H2,(H,19,26)(H,23,25). The summed E-state index contributed by atoms with van der Waals surface area (Å²) in [6.07, 6.45) is 7.67. The van der Waals surface area contributed by atoms with Crippen molar-refractivity contribution in [2.24, 2.45) is 0 Å². The van der Waals surface area contributed by atoms with Crippen LogP contribution in [0.1, 0.15) is 54.5 Å². The van der Waals surface area contributed by atoms with Crippen LogP contribution in [0.5, 0.6) is 0 Å². The number of benzene rings is 1. The third kappa shape index (κ3) is 3.10. The molecule has 8 nitrogen and oxygen atoms in total. The lowest BCUT2D eigenvalue weighted by Gasteiger charge is -2.24. The third-order valence-electron chi connectivity index (χ3n) is 4.93. The Balaban J connectivity index is 1.53. The molecule has 0 aliphatic heterocycles. The lowest BCUT2D eigenvalue weighted by atomic mass is 9.95. The number of rotatable bonds is 4. The number of carbonyl (C=O) groups is 1. The van der Waals surface area contributed by atoms with Crippen LogP contribution in [0.15, 0.2) is 35.4 Å². The van der Waals surface area contributed by atoms with Gasteiger partial charge in [-0.15, -0.1) is 10.2 Å². The number of aromatic amines is 1. The predicted octanol–water partition coefficient (Wildman–Crippen LogP) is 1.95. The maximum atomic E-state index is 12.6. The van der Waals surface area contributed by atoms with Crippen molar-refractivity contribution >= 4 is 16.7 Å². The monoisotopic (exact) mass is 352 g/mol. The quantitative estimate of drug-likeness (QED) is 0.746. The fraction of sp³-hybridized carbons (Fsp3) is 0.389. The van der Waals surface area contributed by atoms with Gasteiger partial charge in [-0.05, 0) is 18.9 Å². The van der Waals surface area contributed by atoms with Gasteiger partial charge in [0.25, 0.3) is 11.5 Å². The fourth-order valence-electron chi connectivity index (χ4n) is 3.59. The molecule has 134 valence electrons. The van der Waals surface area contributed by atoms with Crippen LogP contribution in [0, 0.1) is 0 Å². The topological polar surface area (TPSA) is 106 Å². The molecule has 1 saturated carbocycles. The molecule has 4 rings (SSSR count). The van der Waals surface area contributed by atoms with Gasteiger partial charge in [0.05, 0.1) is 11.9 Å². The summed E-state index contributed by atoms with van der Waals surface area (Å²) >= 11 is 0. The number of hydrogen-bond donors (Lipinski definition) is 2. The molecule has 1 amide bonds. The Bertz CT molecular complexity index is 987. The van der Waals surface area contributed by atoms with Crippen LogP contribution in [-0.4, -0.2) is 30.9 Å². The van der Waals surface area contributed by atoms with Gasteiger partial charge in [0.1, 0.15) is 6.33 Å². The second-order valence-electron chi connectivity index (χ2n) is 6.58. The minimum Gasteiger partial charge on any atom is -0.343 e. The summed E-state index contributed by atoms with van der Waals surface area (Å²) in [7, 11) is 0. The van der Waals surface area contributed by atoms with E-state index in [1.807, 2.05) is 0 Å². The molecule has 1 aliphatic carbocycles. The number of nitrogens with one attached hydrogen (secondary N) is 2. The summed E-state index contributed by atoms with van der Waals surface area (Å²) in [6, 6.07) is 7.33. The lowest BCUT2D eigenvalue weighted by molar-refractivity contribution is 0.0945. The van der Waals surface area contributed by atoms with Gasteiger partial charge in [-0.3, -0.25) is 9.59 Å². The molecule has 0 spiro atoms. The molecule has 2 N–H and O–H groups in total. The van der Waals surface area contributed by atoms with E-state index in [1.54, 1.807) is 30.6 Å². The first-order valence-electron chi connectivity index (χ1n) is 8.88. The van der Waals surface area contributed by atoms with Gasteiger partial charge in [-0.1, -0.05) is 37.5 Å². The van der Waals surface area contributed by atoms with Crippen LogP contribution in [0.4, 0.5) is 0 Å². The van der Waals surface area contributed by atoms with Crippen molar-refractivity contribution in [1.82, 2.24) is 30.3 Å². The molecule has 1 aliphatic rings. The summed E-state index contributed by atoms with van der Waals surface area (Å²) in [5.41, 5.74) is -0.113. The van der Waals surface area contributed by atoms with Crippen LogP contribution in [-0.2, 0) is 6.54 Å². The van der Waals surface area contributed by atoms with Crippen LogP contribution >= 0.6 is 0 Å². The van der Waals surface area contributed by atoms with E-state index >= 15 is 0 Å². The molecule has 0 unspecified atom stereocenters. The molecule has 3 aromatic rings. The minimum absolute atomic E-state index is 0.198. The number of H-pyrrole nitrogens is 1. The van der Waals surface area contributed by atoms with E-state index in [2.05, 4.69) is 30.3 Å². The number of amides is 1. The van der Waals surface area contributed by atoms with E-state index in [9.17, 15) is 9.59 Å². The molecule has 0 saturated heterocycles. The van der Waals surface area contributed by atoms with Crippen molar-refractivity contribution in [2.45, 2.75) is 44.7 Å². The highest BCUT2D eigenvalue weighted by molar-refractivity contribution is 6.04. The molecule has 2 heterocycles. The number of fused-ring (bicyclic) bond motifs is 1. The molecule has 0 radical (unpaired) electrons. The van der Waals surface area contributed by atoms with Gasteiger partial charge in [-0.2, -0.15) is 5.10 Å². The van der Waals surface area contributed by atoms with E-state index in [-0.39, 0.29) is 23.7 Å². The van der Waals surface area contributed by atoms with Gasteiger partial charge in [-0.25, -0.2) is 5.10 Å². The summed E-state index contributed by atoms with van der Waals surface area (Å²) in [5, 5.41) is 18.3. The van der Waals surface area contributed by atoms with E-state index in [4.69, 9.17) is 0 Å². The number of nitrogens with zero attached hydrogens (tertiary/aromatic N) is 4. The Hall–Kier alpha value is -3.03. The van der Waals surface area contributed by atoms with E-state index in [1.165, 1.54) is 19.3 Å². The highest BCUT2D eigenvalue weighted by atomic mass is 16.2. The van der Waals surface area contributed by atoms with Crippen LogP contribution in [0.25, 0.3) is 10.8 Å². The molecule has 1 aromatic carbocycles. The molecule has 0 atom stereocenters. The molecule has 26 heavy (non-hydrogen) atoms. The van der Waals surface area contributed by atoms with E-state index < -0.39 is 0 Å². The van der Waals surface area contributed by atoms with Crippen molar-refractivity contribution in [2.75, 3.05) is 0 Å². The van der Waals surface area contributed by atoms with Crippen molar-refractivity contribution in [3.05, 3.63) is 52.5 Å². The Morgan fingerprint density at radius 1 is 1.19 bits per heavy atom. The first-order valence-corrected chi connectivity index (χ1v) is 8.88. The van der Waals surface area contributed by atoms with Crippen molar-refractivity contribution in [3.8, 4) is 0 Å². The average Bonchev–Trinajstić information content (AvgIpc) is 3.16. The average molecular weight is 352 g/mol. The summed E-state index contributed by atoms with van der Waals surface area (Å²) in [4.78, 5) is 24.4. The zero-order valence-electron chi connectivity index (χ0n) is 14.3. The van der Waals surface area contributed by atoms with Crippen LogP contribution in [0.2, 0.25) is 0 Å². The Morgan fingerprint density at radius 3 is 2.77 bits per heavy atom.